The summed E-state index contributed by atoms with van der Waals surface area (Å²) in [7, 11) is 0. The van der Waals surface area contributed by atoms with Gasteiger partial charge >= 0.3 is 0 Å². The molecule has 2 aliphatic rings. The molecule has 0 aromatic rings. The molecule has 2 fully saturated rings. The lowest BCUT2D eigenvalue weighted by Crippen LogP contribution is -2.44. The third-order valence-electron chi connectivity index (χ3n) is 4.78. The van der Waals surface area contributed by atoms with Gasteiger partial charge in [-0.3, -0.25) is 0 Å². The topological polar surface area (TPSA) is 3.24 Å². The third kappa shape index (κ3) is 3.23. The van der Waals surface area contributed by atoms with Gasteiger partial charge in [0.2, 0.25) is 0 Å². The van der Waals surface area contributed by atoms with E-state index in [1.807, 2.05) is 0 Å². The summed E-state index contributed by atoms with van der Waals surface area (Å²) >= 11 is 0. The average molecular weight is 223 g/mol. The van der Waals surface area contributed by atoms with E-state index in [-0.39, 0.29) is 0 Å². The molecule has 0 N–H and O–H groups in total. The zero-order chi connectivity index (χ0) is 11.5. The fraction of sp³-hybridized carbons (Fsp3) is 1.00. The monoisotopic (exact) mass is 223 g/mol. The summed E-state index contributed by atoms with van der Waals surface area (Å²) < 4.78 is 0. The summed E-state index contributed by atoms with van der Waals surface area (Å²) in [5.41, 5.74) is 0. The summed E-state index contributed by atoms with van der Waals surface area (Å²) in [6.07, 6.45) is 8.79. The van der Waals surface area contributed by atoms with Gasteiger partial charge in [0.05, 0.1) is 0 Å². The third-order valence-corrected chi connectivity index (χ3v) is 4.78. The maximum Gasteiger partial charge on any atom is 0.00672 e. The lowest BCUT2D eigenvalue weighted by atomic mass is 9.81. The van der Waals surface area contributed by atoms with Gasteiger partial charge in [-0.05, 0) is 50.4 Å². The average Bonchev–Trinajstić information content (AvgIpc) is 2.24. The highest BCUT2D eigenvalue weighted by molar-refractivity contribution is 4.81. The van der Waals surface area contributed by atoms with E-state index in [9.17, 15) is 0 Å². The van der Waals surface area contributed by atoms with Crippen LogP contribution in [0.1, 0.15) is 59.3 Å². The van der Waals surface area contributed by atoms with Crippen molar-refractivity contribution in [3.8, 4) is 0 Å². The molecule has 1 aliphatic carbocycles. The van der Waals surface area contributed by atoms with Crippen molar-refractivity contribution in [2.24, 2.45) is 17.8 Å². The number of hydrogen-bond donors (Lipinski definition) is 0. The fourth-order valence-corrected chi connectivity index (χ4v) is 3.69. The van der Waals surface area contributed by atoms with Crippen LogP contribution in [0, 0.1) is 17.8 Å². The molecule has 2 rings (SSSR count). The molecule has 0 amide bonds. The van der Waals surface area contributed by atoms with Crippen molar-refractivity contribution >= 4 is 0 Å². The summed E-state index contributed by atoms with van der Waals surface area (Å²) in [5.74, 6) is 2.91. The Morgan fingerprint density at radius 3 is 2.50 bits per heavy atom. The highest BCUT2D eigenvalue weighted by Crippen LogP contribution is 2.31. The molecule has 0 aromatic heterocycles. The van der Waals surface area contributed by atoms with Crippen LogP contribution >= 0.6 is 0 Å². The van der Waals surface area contributed by atoms with Gasteiger partial charge in [0, 0.05) is 19.1 Å². The second-order valence-electron chi connectivity index (χ2n) is 6.62. The van der Waals surface area contributed by atoms with Crippen LogP contribution in [0.5, 0.6) is 0 Å². The van der Waals surface area contributed by atoms with E-state index in [0.717, 1.165) is 23.8 Å². The second kappa shape index (κ2) is 5.53. The van der Waals surface area contributed by atoms with Crippen LogP contribution in [0.2, 0.25) is 0 Å². The molecule has 94 valence electrons. The first-order valence-corrected chi connectivity index (χ1v) is 7.39. The molecule has 1 nitrogen and oxygen atoms in total. The van der Waals surface area contributed by atoms with Gasteiger partial charge in [-0.25, -0.2) is 0 Å². The minimum Gasteiger partial charge on any atom is -0.300 e. The number of piperidine rings is 1. The van der Waals surface area contributed by atoms with Crippen molar-refractivity contribution in [2.75, 3.05) is 13.1 Å². The lowest BCUT2D eigenvalue weighted by molar-refractivity contribution is 0.0891. The Balaban J connectivity index is 1.82. The van der Waals surface area contributed by atoms with E-state index in [1.165, 1.54) is 51.6 Å². The molecule has 1 aliphatic heterocycles. The van der Waals surface area contributed by atoms with Crippen molar-refractivity contribution < 1.29 is 0 Å². The van der Waals surface area contributed by atoms with E-state index in [1.54, 1.807) is 0 Å². The Bertz CT molecular complexity index is 213. The summed E-state index contributed by atoms with van der Waals surface area (Å²) in [6, 6.07) is 0.841. The molecule has 4 unspecified atom stereocenters. The van der Waals surface area contributed by atoms with Crippen molar-refractivity contribution in [3.05, 3.63) is 0 Å². The summed E-state index contributed by atoms with van der Waals surface area (Å²) in [5, 5.41) is 0. The lowest BCUT2D eigenvalue weighted by Gasteiger charge is -2.40. The number of nitrogens with zero attached hydrogens (tertiary/aromatic N) is 1. The number of rotatable bonds is 2. The van der Waals surface area contributed by atoms with Gasteiger partial charge in [0.25, 0.3) is 0 Å². The minimum atomic E-state index is 0.841. The van der Waals surface area contributed by atoms with Gasteiger partial charge in [-0.1, -0.05) is 26.7 Å². The number of hydrogen-bond acceptors (Lipinski definition) is 1. The van der Waals surface area contributed by atoms with Crippen molar-refractivity contribution in [3.63, 3.8) is 0 Å². The Hall–Kier alpha value is -0.0400. The Morgan fingerprint density at radius 1 is 0.938 bits per heavy atom. The molecule has 4 atom stereocenters. The van der Waals surface area contributed by atoms with Crippen LogP contribution in [0.3, 0.4) is 0 Å². The Morgan fingerprint density at radius 2 is 1.75 bits per heavy atom. The molecule has 0 radical (unpaired) electrons. The van der Waals surface area contributed by atoms with Gasteiger partial charge < -0.3 is 4.90 Å². The molecule has 1 saturated heterocycles. The first kappa shape index (κ1) is 12.4. The zero-order valence-electron chi connectivity index (χ0n) is 11.4. The Labute approximate surface area is 102 Å². The normalized spacial score (nSPS) is 42.2. The molecule has 16 heavy (non-hydrogen) atoms. The molecular formula is C15H29N. The minimum absolute atomic E-state index is 0.841. The standard InChI is InChI=1S/C15H29N/c1-12-5-4-6-15(9-12)11-16-10-13(2)7-8-14(16)3/h12-15H,4-11H2,1-3H3. The molecule has 0 spiro atoms. The second-order valence-corrected chi connectivity index (χ2v) is 6.62. The predicted octanol–water partition coefficient (Wildman–Crippen LogP) is 3.93. The molecule has 0 aromatic carbocycles. The summed E-state index contributed by atoms with van der Waals surface area (Å²) in [4.78, 5) is 2.77. The van der Waals surface area contributed by atoms with E-state index in [4.69, 9.17) is 0 Å². The van der Waals surface area contributed by atoms with Crippen LogP contribution in [-0.2, 0) is 0 Å². The van der Waals surface area contributed by atoms with Crippen LogP contribution in [-0.4, -0.2) is 24.0 Å². The quantitative estimate of drug-likeness (QED) is 0.685. The Kier molecular flexibility index (Phi) is 4.29. The van der Waals surface area contributed by atoms with Gasteiger partial charge in [0.15, 0.2) is 0 Å². The van der Waals surface area contributed by atoms with E-state index >= 15 is 0 Å². The van der Waals surface area contributed by atoms with Gasteiger partial charge in [0.1, 0.15) is 0 Å². The van der Waals surface area contributed by atoms with Crippen LogP contribution in [0.15, 0.2) is 0 Å². The molecular weight excluding hydrogens is 194 g/mol. The highest BCUT2D eigenvalue weighted by atomic mass is 15.2. The SMILES string of the molecule is CC1CCCC(CN2CC(C)CCC2C)C1. The van der Waals surface area contributed by atoms with E-state index in [2.05, 4.69) is 25.7 Å². The number of likely N-dealkylation sites (tertiary alicyclic amines) is 1. The van der Waals surface area contributed by atoms with Crippen molar-refractivity contribution in [1.29, 1.82) is 0 Å². The highest BCUT2D eigenvalue weighted by Gasteiger charge is 2.27. The molecule has 1 heteroatoms. The van der Waals surface area contributed by atoms with E-state index < -0.39 is 0 Å². The maximum absolute atomic E-state index is 2.77. The van der Waals surface area contributed by atoms with E-state index in [0.29, 0.717) is 0 Å². The van der Waals surface area contributed by atoms with Crippen LogP contribution < -0.4 is 0 Å². The zero-order valence-corrected chi connectivity index (χ0v) is 11.4. The fourth-order valence-electron chi connectivity index (χ4n) is 3.69. The smallest absolute Gasteiger partial charge is 0.00672 e. The van der Waals surface area contributed by atoms with Crippen molar-refractivity contribution in [1.82, 2.24) is 4.90 Å². The molecule has 1 saturated carbocycles. The summed E-state index contributed by atoms with van der Waals surface area (Å²) in [6.45, 7) is 10.0. The first-order chi connectivity index (χ1) is 7.65. The maximum atomic E-state index is 2.77. The predicted molar refractivity (Wildman–Crippen MR) is 70.6 cm³/mol. The van der Waals surface area contributed by atoms with Gasteiger partial charge in [-0.2, -0.15) is 0 Å². The molecule has 1 heterocycles. The van der Waals surface area contributed by atoms with Crippen LogP contribution in [0.25, 0.3) is 0 Å². The van der Waals surface area contributed by atoms with Gasteiger partial charge in [-0.15, -0.1) is 0 Å². The first-order valence-electron chi connectivity index (χ1n) is 7.39. The molecule has 0 bridgehead atoms. The van der Waals surface area contributed by atoms with Crippen LogP contribution in [0.4, 0.5) is 0 Å². The largest absolute Gasteiger partial charge is 0.300 e. The van der Waals surface area contributed by atoms with Crippen molar-refractivity contribution in [2.45, 2.75) is 65.3 Å².